The van der Waals surface area contributed by atoms with Crippen LogP contribution in [0.2, 0.25) is 0 Å². The molecule has 1 aromatic carbocycles. The van der Waals surface area contributed by atoms with E-state index in [0.717, 1.165) is 24.0 Å². The molecule has 4 nitrogen and oxygen atoms in total. The maximum absolute atomic E-state index is 12.7. The number of unbranched alkanes of at least 4 members (excludes halogenated alkanes) is 1. The van der Waals surface area contributed by atoms with Crippen LogP contribution in [0.4, 0.5) is 0 Å². The summed E-state index contributed by atoms with van der Waals surface area (Å²) in [5.41, 5.74) is 5.64. The number of benzene rings is 1. The fraction of sp³-hybridized carbons (Fsp3) is 0.412. The summed E-state index contributed by atoms with van der Waals surface area (Å²) >= 11 is 0. The molecule has 0 unspecified atom stereocenters. The average molecular weight is 288 g/mol. The van der Waals surface area contributed by atoms with Gasteiger partial charge in [0.1, 0.15) is 0 Å². The molecule has 0 aliphatic carbocycles. The van der Waals surface area contributed by atoms with E-state index in [9.17, 15) is 9.59 Å². The molecule has 1 rings (SSSR count). The number of nitrogens with one attached hydrogen (secondary N) is 1. The minimum atomic E-state index is -0.329. The molecular formula is C17H24N2O2. The quantitative estimate of drug-likeness (QED) is 0.668. The predicted molar refractivity (Wildman–Crippen MR) is 84.8 cm³/mol. The number of amides is 2. The Balaban J connectivity index is 3.01. The van der Waals surface area contributed by atoms with Gasteiger partial charge in [0.2, 0.25) is 0 Å². The highest BCUT2D eigenvalue weighted by atomic mass is 16.2. The van der Waals surface area contributed by atoms with Crippen LogP contribution < -0.4 is 5.43 Å². The molecule has 21 heavy (non-hydrogen) atoms. The van der Waals surface area contributed by atoms with Crippen molar-refractivity contribution in [1.29, 1.82) is 0 Å². The van der Waals surface area contributed by atoms with E-state index in [1.807, 2.05) is 32.9 Å². The van der Waals surface area contributed by atoms with E-state index >= 15 is 0 Å². The monoisotopic (exact) mass is 288 g/mol. The second kappa shape index (κ2) is 7.62. The number of nitrogens with zero attached hydrogens (tertiary/aromatic N) is 1. The molecule has 0 saturated heterocycles. The third-order valence-electron chi connectivity index (χ3n) is 3.44. The van der Waals surface area contributed by atoms with Gasteiger partial charge in [0.05, 0.1) is 0 Å². The summed E-state index contributed by atoms with van der Waals surface area (Å²) in [6.45, 7) is 11.6. The van der Waals surface area contributed by atoms with Crippen molar-refractivity contribution in [3.8, 4) is 0 Å². The van der Waals surface area contributed by atoms with Crippen molar-refractivity contribution in [3.63, 3.8) is 0 Å². The first kappa shape index (κ1) is 17.0. The summed E-state index contributed by atoms with van der Waals surface area (Å²) < 4.78 is 0. The number of aryl methyl sites for hydroxylation is 1. The van der Waals surface area contributed by atoms with Gasteiger partial charge in [-0.15, -0.1) is 0 Å². The molecule has 0 fully saturated rings. The standard InChI is InChI=1S/C17H24N2O2/c1-6-7-11-19(18-16(20)12(2)3)17(21)15-10-8-9-13(4)14(15)5/h8-10H,2,6-7,11H2,1,3-5H3,(H,18,20). The number of carbonyl (C=O) groups excluding carboxylic acids is 2. The van der Waals surface area contributed by atoms with Crippen LogP contribution in [0.15, 0.2) is 30.4 Å². The molecule has 0 saturated carbocycles. The summed E-state index contributed by atoms with van der Waals surface area (Å²) in [6.07, 6.45) is 1.77. The van der Waals surface area contributed by atoms with E-state index in [0.29, 0.717) is 17.7 Å². The van der Waals surface area contributed by atoms with Crippen molar-refractivity contribution in [1.82, 2.24) is 10.4 Å². The summed E-state index contributed by atoms with van der Waals surface area (Å²) in [4.78, 5) is 24.5. The fourth-order valence-corrected chi connectivity index (χ4v) is 1.87. The minimum Gasteiger partial charge on any atom is -0.268 e. The van der Waals surface area contributed by atoms with Crippen LogP contribution in [0.3, 0.4) is 0 Å². The molecule has 4 heteroatoms. The Morgan fingerprint density at radius 3 is 2.52 bits per heavy atom. The maximum atomic E-state index is 12.7. The SMILES string of the molecule is C=C(C)C(=O)NN(CCCC)C(=O)c1cccc(C)c1C. The van der Waals surface area contributed by atoms with Crippen molar-refractivity contribution in [2.45, 2.75) is 40.5 Å². The fourth-order valence-electron chi connectivity index (χ4n) is 1.87. The first-order valence-corrected chi connectivity index (χ1v) is 7.23. The highest BCUT2D eigenvalue weighted by molar-refractivity contribution is 5.99. The Bertz CT molecular complexity index is 550. The number of hydrogen-bond donors (Lipinski definition) is 1. The van der Waals surface area contributed by atoms with E-state index < -0.39 is 0 Å². The summed E-state index contributed by atoms with van der Waals surface area (Å²) in [7, 11) is 0. The van der Waals surface area contributed by atoms with Gasteiger partial charge in [-0.1, -0.05) is 32.1 Å². The van der Waals surface area contributed by atoms with Gasteiger partial charge in [0.25, 0.3) is 11.8 Å². The first-order chi connectivity index (χ1) is 9.88. The maximum Gasteiger partial charge on any atom is 0.272 e. The van der Waals surface area contributed by atoms with Crippen LogP contribution in [0.1, 0.15) is 48.2 Å². The molecule has 0 bridgehead atoms. The molecule has 0 radical (unpaired) electrons. The zero-order valence-electron chi connectivity index (χ0n) is 13.3. The Hall–Kier alpha value is -2.10. The van der Waals surface area contributed by atoms with Gasteiger partial charge in [-0.3, -0.25) is 15.0 Å². The van der Waals surface area contributed by atoms with Crippen LogP contribution >= 0.6 is 0 Å². The van der Waals surface area contributed by atoms with Gasteiger partial charge in [-0.25, -0.2) is 5.01 Å². The van der Waals surface area contributed by atoms with Crippen LogP contribution in [0.5, 0.6) is 0 Å². The Labute approximate surface area is 126 Å². The highest BCUT2D eigenvalue weighted by Gasteiger charge is 2.20. The van der Waals surface area contributed by atoms with Crippen LogP contribution in [-0.2, 0) is 4.79 Å². The van der Waals surface area contributed by atoms with Gasteiger partial charge < -0.3 is 0 Å². The molecule has 1 aromatic rings. The first-order valence-electron chi connectivity index (χ1n) is 7.23. The summed E-state index contributed by atoms with van der Waals surface area (Å²) in [5.74, 6) is -0.510. The molecule has 0 aliphatic rings. The number of hydrogen-bond acceptors (Lipinski definition) is 2. The third-order valence-corrected chi connectivity index (χ3v) is 3.44. The van der Waals surface area contributed by atoms with Gasteiger partial charge >= 0.3 is 0 Å². The lowest BCUT2D eigenvalue weighted by molar-refractivity contribution is -0.121. The Morgan fingerprint density at radius 2 is 1.95 bits per heavy atom. The normalized spacial score (nSPS) is 10.1. The molecule has 114 valence electrons. The lowest BCUT2D eigenvalue weighted by Gasteiger charge is -2.24. The lowest BCUT2D eigenvalue weighted by Crippen LogP contribution is -2.47. The number of hydrazine groups is 1. The molecule has 0 atom stereocenters. The van der Waals surface area contributed by atoms with Gasteiger partial charge in [-0.05, 0) is 44.4 Å². The molecule has 0 spiro atoms. The second-order valence-corrected chi connectivity index (χ2v) is 5.28. The summed E-state index contributed by atoms with van der Waals surface area (Å²) in [5, 5.41) is 1.39. The molecule has 0 aliphatic heterocycles. The van der Waals surface area contributed by atoms with E-state index in [1.165, 1.54) is 5.01 Å². The van der Waals surface area contributed by atoms with Crippen LogP contribution in [-0.4, -0.2) is 23.4 Å². The molecule has 0 aromatic heterocycles. The van der Waals surface area contributed by atoms with Gasteiger partial charge in [0.15, 0.2) is 0 Å². The third kappa shape index (κ3) is 4.45. The molecular weight excluding hydrogens is 264 g/mol. The van der Waals surface area contributed by atoms with E-state index in [1.54, 1.807) is 13.0 Å². The van der Waals surface area contributed by atoms with Crippen LogP contribution in [0, 0.1) is 13.8 Å². The number of carbonyl (C=O) groups is 2. The average Bonchev–Trinajstić information content (AvgIpc) is 2.45. The predicted octanol–water partition coefficient (Wildman–Crippen LogP) is 3.15. The topological polar surface area (TPSA) is 49.4 Å². The summed E-state index contributed by atoms with van der Waals surface area (Å²) in [6, 6.07) is 5.61. The van der Waals surface area contributed by atoms with Gasteiger partial charge in [0, 0.05) is 17.7 Å². The minimum absolute atomic E-state index is 0.181. The van der Waals surface area contributed by atoms with Crippen molar-refractivity contribution in [3.05, 3.63) is 47.0 Å². The van der Waals surface area contributed by atoms with Crippen molar-refractivity contribution >= 4 is 11.8 Å². The van der Waals surface area contributed by atoms with Crippen molar-refractivity contribution < 1.29 is 9.59 Å². The number of rotatable bonds is 5. The zero-order chi connectivity index (χ0) is 16.0. The Morgan fingerprint density at radius 1 is 1.29 bits per heavy atom. The van der Waals surface area contributed by atoms with Crippen molar-refractivity contribution in [2.75, 3.05) is 6.54 Å². The van der Waals surface area contributed by atoms with E-state index in [-0.39, 0.29) is 11.8 Å². The van der Waals surface area contributed by atoms with Crippen molar-refractivity contribution in [2.24, 2.45) is 0 Å². The zero-order valence-corrected chi connectivity index (χ0v) is 13.3. The molecule has 0 heterocycles. The van der Waals surface area contributed by atoms with E-state index in [4.69, 9.17) is 0 Å². The van der Waals surface area contributed by atoms with Crippen LogP contribution in [0.25, 0.3) is 0 Å². The largest absolute Gasteiger partial charge is 0.272 e. The molecule has 2 amide bonds. The molecule has 1 N–H and O–H groups in total. The Kier molecular flexibility index (Phi) is 6.15. The highest BCUT2D eigenvalue weighted by Crippen LogP contribution is 2.15. The van der Waals surface area contributed by atoms with E-state index in [2.05, 4.69) is 12.0 Å². The second-order valence-electron chi connectivity index (χ2n) is 5.28. The van der Waals surface area contributed by atoms with Gasteiger partial charge in [-0.2, -0.15) is 0 Å². The lowest BCUT2D eigenvalue weighted by atomic mass is 10.0. The smallest absolute Gasteiger partial charge is 0.268 e.